The van der Waals surface area contributed by atoms with Crippen LogP contribution in [0, 0.1) is 5.92 Å². The third kappa shape index (κ3) is 2.69. The number of rotatable bonds is 2. The van der Waals surface area contributed by atoms with Crippen molar-refractivity contribution in [1.29, 1.82) is 0 Å². The van der Waals surface area contributed by atoms with Gasteiger partial charge in [-0.25, -0.2) is 0 Å². The van der Waals surface area contributed by atoms with E-state index in [1.807, 2.05) is 11.8 Å². The van der Waals surface area contributed by atoms with Gasteiger partial charge in [0.1, 0.15) is 5.44 Å². The topological polar surface area (TPSA) is 9.23 Å². The van der Waals surface area contributed by atoms with Crippen LogP contribution in [-0.4, -0.2) is 17.8 Å². The summed E-state index contributed by atoms with van der Waals surface area (Å²) in [5, 5.41) is 0. The van der Waals surface area contributed by atoms with Gasteiger partial charge in [-0.2, -0.15) is 0 Å². The van der Waals surface area contributed by atoms with Gasteiger partial charge in [-0.05, 0) is 43.1 Å². The van der Waals surface area contributed by atoms with Crippen molar-refractivity contribution in [2.24, 2.45) is 5.92 Å². The normalized spacial score (nSPS) is 33.8. The van der Waals surface area contributed by atoms with Crippen molar-refractivity contribution in [2.45, 2.75) is 37.0 Å². The summed E-state index contributed by atoms with van der Waals surface area (Å²) in [6.45, 7) is 0.966. The van der Waals surface area contributed by atoms with Gasteiger partial charge >= 0.3 is 0 Å². The molecule has 1 aromatic carbocycles. The van der Waals surface area contributed by atoms with Crippen LogP contribution in [0.3, 0.4) is 0 Å². The predicted molar refractivity (Wildman–Crippen MR) is 73.3 cm³/mol. The minimum atomic E-state index is 0.506. The van der Waals surface area contributed by atoms with E-state index in [0.717, 1.165) is 18.4 Å². The molecule has 1 unspecified atom stereocenters. The Balaban J connectivity index is 1.57. The summed E-state index contributed by atoms with van der Waals surface area (Å²) in [7, 11) is 0. The molecule has 0 bridgehead atoms. The van der Waals surface area contributed by atoms with Crippen LogP contribution in [0.4, 0.5) is 0 Å². The maximum Gasteiger partial charge on any atom is 0.106 e. The molecule has 0 N–H and O–H groups in total. The molecule has 1 saturated carbocycles. The Bertz CT molecular complexity index is 337. The zero-order chi connectivity index (χ0) is 11.5. The average molecular weight is 248 g/mol. The molecule has 92 valence electrons. The van der Waals surface area contributed by atoms with Crippen LogP contribution >= 0.6 is 11.8 Å². The minimum absolute atomic E-state index is 0.506. The van der Waals surface area contributed by atoms with E-state index >= 15 is 0 Å². The van der Waals surface area contributed by atoms with Gasteiger partial charge in [-0.1, -0.05) is 30.3 Å². The minimum Gasteiger partial charge on any atom is -0.366 e. The first-order valence-corrected chi connectivity index (χ1v) is 7.76. The Hall–Kier alpha value is -0.470. The SMILES string of the molecule is c1ccc(C2CCC(C3OCCS3)CC2)cc1. The van der Waals surface area contributed by atoms with Crippen molar-refractivity contribution in [1.82, 2.24) is 0 Å². The predicted octanol–water partition coefficient (Wildman–Crippen LogP) is 4.05. The highest BCUT2D eigenvalue weighted by Gasteiger charge is 2.31. The Kier molecular flexibility index (Phi) is 3.72. The molecular weight excluding hydrogens is 228 g/mol. The largest absolute Gasteiger partial charge is 0.366 e. The second kappa shape index (κ2) is 5.45. The van der Waals surface area contributed by atoms with Gasteiger partial charge in [0, 0.05) is 5.75 Å². The Morgan fingerprint density at radius 1 is 1.00 bits per heavy atom. The molecule has 1 aromatic rings. The lowest BCUT2D eigenvalue weighted by Crippen LogP contribution is -2.22. The van der Waals surface area contributed by atoms with E-state index in [1.165, 1.54) is 37.0 Å². The van der Waals surface area contributed by atoms with Gasteiger partial charge in [0.25, 0.3) is 0 Å². The van der Waals surface area contributed by atoms with Crippen molar-refractivity contribution >= 4 is 11.8 Å². The number of ether oxygens (including phenoxy) is 1. The summed E-state index contributed by atoms with van der Waals surface area (Å²) in [5.74, 6) is 2.80. The van der Waals surface area contributed by atoms with Gasteiger partial charge in [0.05, 0.1) is 6.61 Å². The third-order valence-electron chi connectivity index (χ3n) is 4.08. The van der Waals surface area contributed by atoms with Gasteiger partial charge in [0.2, 0.25) is 0 Å². The monoisotopic (exact) mass is 248 g/mol. The standard InChI is InChI=1S/C15H20OS/c1-2-4-12(5-3-1)13-6-8-14(9-7-13)15-16-10-11-17-15/h1-5,13-15H,6-11H2. The number of hydrogen-bond donors (Lipinski definition) is 0. The van der Waals surface area contributed by atoms with E-state index in [1.54, 1.807) is 0 Å². The molecule has 1 aliphatic heterocycles. The fraction of sp³-hybridized carbons (Fsp3) is 0.600. The Morgan fingerprint density at radius 2 is 1.76 bits per heavy atom. The molecule has 3 rings (SSSR count). The van der Waals surface area contributed by atoms with Gasteiger partial charge in [-0.15, -0.1) is 11.8 Å². The molecule has 1 nitrogen and oxygen atoms in total. The molecule has 1 saturated heterocycles. The average Bonchev–Trinajstić information content (AvgIpc) is 2.94. The van der Waals surface area contributed by atoms with Crippen molar-refractivity contribution in [2.75, 3.05) is 12.4 Å². The van der Waals surface area contributed by atoms with Crippen LogP contribution in [0.2, 0.25) is 0 Å². The molecule has 1 aliphatic carbocycles. The number of benzene rings is 1. The molecule has 0 aromatic heterocycles. The fourth-order valence-electron chi connectivity index (χ4n) is 3.10. The first-order chi connectivity index (χ1) is 8.43. The summed E-state index contributed by atoms with van der Waals surface area (Å²) in [4.78, 5) is 0. The highest BCUT2D eigenvalue weighted by molar-refractivity contribution is 8.00. The molecule has 0 spiro atoms. The summed E-state index contributed by atoms with van der Waals surface area (Å²) in [6.07, 6.45) is 5.37. The van der Waals surface area contributed by atoms with E-state index in [-0.39, 0.29) is 0 Å². The lowest BCUT2D eigenvalue weighted by molar-refractivity contribution is 0.0809. The molecule has 1 heterocycles. The smallest absolute Gasteiger partial charge is 0.106 e. The third-order valence-corrected chi connectivity index (χ3v) is 5.33. The summed E-state index contributed by atoms with van der Waals surface area (Å²) in [5.41, 5.74) is 2.04. The van der Waals surface area contributed by atoms with E-state index < -0.39 is 0 Å². The van der Waals surface area contributed by atoms with Crippen LogP contribution in [0.25, 0.3) is 0 Å². The zero-order valence-electron chi connectivity index (χ0n) is 10.2. The quantitative estimate of drug-likeness (QED) is 0.781. The number of hydrogen-bond acceptors (Lipinski definition) is 2. The second-order valence-corrected chi connectivity index (χ2v) is 6.34. The first-order valence-electron chi connectivity index (χ1n) is 6.71. The van der Waals surface area contributed by atoms with Gasteiger partial charge < -0.3 is 4.74 Å². The molecule has 2 aliphatic rings. The van der Waals surface area contributed by atoms with Crippen LogP contribution in [-0.2, 0) is 4.74 Å². The Morgan fingerprint density at radius 3 is 2.41 bits per heavy atom. The van der Waals surface area contributed by atoms with E-state index in [0.29, 0.717) is 5.44 Å². The van der Waals surface area contributed by atoms with E-state index in [2.05, 4.69) is 30.3 Å². The van der Waals surface area contributed by atoms with Crippen LogP contribution in [0.1, 0.15) is 37.2 Å². The van der Waals surface area contributed by atoms with Crippen molar-refractivity contribution in [3.05, 3.63) is 35.9 Å². The lowest BCUT2D eigenvalue weighted by atomic mass is 9.79. The molecule has 0 radical (unpaired) electrons. The molecule has 0 amide bonds. The number of thioether (sulfide) groups is 1. The summed E-state index contributed by atoms with van der Waals surface area (Å²) in [6, 6.07) is 11.0. The van der Waals surface area contributed by atoms with Crippen LogP contribution in [0.15, 0.2) is 30.3 Å². The zero-order valence-corrected chi connectivity index (χ0v) is 11.0. The fourth-order valence-corrected chi connectivity index (χ4v) is 4.26. The van der Waals surface area contributed by atoms with Crippen molar-refractivity contribution < 1.29 is 4.74 Å². The molecular formula is C15H20OS. The first kappa shape index (κ1) is 11.6. The lowest BCUT2D eigenvalue weighted by Gasteiger charge is -2.31. The summed E-state index contributed by atoms with van der Waals surface area (Å²) >= 11 is 2.02. The van der Waals surface area contributed by atoms with Crippen molar-refractivity contribution in [3.8, 4) is 0 Å². The second-order valence-electron chi connectivity index (χ2n) is 5.13. The van der Waals surface area contributed by atoms with Gasteiger partial charge in [0.15, 0.2) is 0 Å². The Labute approximate surface area is 108 Å². The van der Waals surface area contributed by atoms with E-state index in [4.69, 9.17) is 4.74 Å². The van der Waals surface area contributed by atoms with Gasteiger partial charge in [-0.3, -0.25) is 0 Å². The van der Waals surface area contributed by atoms with Crippen LogP contribution < -0.4 is 0 Å². The maximum absolute atomic E-state index is 5.80. The highest BCUT2D eigenvalue weighted by atomic mass is 32.2. The van der Waals surface area contributed by atoms with E-state index in [9.17, 15) is 0 Å². The maximum atomic E-state index is 5.80. The molecule has 17 heavy (non-hydrogen) atoms. The highest BCUT2D eigenvalue weighted by Crippen LogP contribution is 2.41. The molecule has 2 heteroatoms. The van der Waals surface area contributed by atoms with Crippen LogP contribution in [0.5, 0.6) is 0 Å². The molecule has 1 atom stereocenters. The van der Waals surface area contributed by atoms with Crippen molar-refractivity contribution in [3.63, 3.8) is 0 Å². The summed E-state index contributed by atoms with van der Waals surface area (Å²) < 4.78 is 5.80. The molecule has 2 fully saturated rings.